The maximum atomic E-state index is 11.8. The number of aliphatic imine (C=N–C) groups is 1. The molecule has 26 heavy (non-hydrogen) atoms. The topological polar surface area (TPSA) is 43.6 Å². The molecule has 0 N–H and O–H groups in total. The number of hydrogen-bond acceptors (Lipinski definition) is 3. The first-order valence-corrected chi connectivity index (χ1v) is 9.49. The lowest BCUT2D eigenvalue weighted by Crippen LogP contribution is -2.15. The summed E-state index contributed by atoms with van der Waals surface area (Å²) < 4.78 is 7.22. The second kappa shape index (κ2) is 8.09. The molecule has 0 unspecified atom stereocenters. The normalized spacial score (nSPS) is 15.5. The summed E-state index contributed by atoms with van der Waals surface area (Å²) >= 11 is 6.07. The van der Waals surface area contributed by atoms with E-state index in [2.05, 4.69) is 29.5 Å². The van der Waals surface area contributed by atoms with Crippen LogP contribution in [0.2, 0.25) is 5.02 Å². The molecule has 0 spiro atoms. The van der Waals surface area contributed by atoms with Crippen LogP contribution >= 0.6 is 11.6 Å². The summed E-state index contributed by atoms with van der Waals surface area (Å²) in [4.78, 5) is 16.3. The number of rotatable bonds is 4. The van der Waals surface area contributed by atoms with Gasteiger partial charge in [-0.2, -0.15) is 0 Å². The van der Waals surface area contributed by atoms with Crippen molar-refractivity contribution in [2.45, 2.75) is 52.0 Å². The van der Waals surface area contributed by atoms with E-state index in [4.69, 9.17) is 16.3 Å². The molecule has 0 amide bonds. The molecule has 1 saturated carbocycles. The number of carbonyl (C=O) groups is 1. The Morgan fingerprint density at radius 1 is 1.23 bits per heavy atom. The number of ether oxygens (including phenoxy) is 1. The van der Waals surface area contributed by atoms with Crippen LogP contribution in [0.3, 0.4) is 0 Å². The van der Waals surface area contributed by atoms with E-state index in [0.717, 1.165) is 5.56 Å². The average Bonchev–Trinajstić information content (AvgIpc) is 2.94. The summed E-state index contributed by atoms with van der Waals surface area (Å²) in [6.45, 7) is 4.32. The molecule has 4 nitrogen and oxygen atoms in total. The number of methoxy groups -OCH3 is 1. The molecule has 0 saturated heterocycles. The van der Waals surface area contributed by atoms with Crippen molar-refractivity contribution in [3.8, 4) is 0 Å². The van der Waals surface area contributed by atoms with Crippen LogP contribution in [-0.4, -0.2) is 23.9 Å². The zero-order valence-electron chi connectivity index (χ0n) is 15.6. The van der Waals surface area contributed by atoms with Gasteiger partial charge in [-0.25, -0.2) is 4.79 Å². The molecule has 0 bridgehead atoms. The lowest BCUT2D eigenvalue weighted by Gasteiger charge is -2.26. The predicted octanol–water partition coefficient (Wildman–Crippen LogP) is 5.80. The van der Waals surface area contributed by atoms with E-state index in [-0.39, 0.29) is 0 Å². The van der Waals surface area contributed by atoms with Crippen LogP contribution in [0, 0.1) is 13.8 Å². The Balaban J connectivity index is 1.86. The zero-order chi connectivity index (χ0) is 18.7. The second-order valence-electron chi connectivity index (χ2n) is 6.90. The lowest BCUT2D eigenvalue weighted by atomic mass is 9.95. The van der Waals surface area contributed by atoms with Gasteiger partial charge in [-0.05, 0) is 51.0 Å². The highest BCUT2D eigenvalue weighted by atomic mass is 35.5. The molecule has 0 atom stereocenters. The zero-order valence-corrected chi connectivity index (χ0v) is 16.3. The SMILES string of the molecule is COC(=O)c1cc(N=Cc2cc(C)n(C3CCCCC3)c2C)ccc1Cl. The number of halogens is 1. The van der Waals surface area contributed by atoms with E-state index in [1.165, 1.54) is 50.6 Å². The van der Waals surface area contributed by atoms with Gasteiger partial charge in [-0.1, -0.05) is 30.9 Å². The van der Waals surface area contributed by atoms with Crippen molar-refractivity contribution in [3.63, 3.8) is 0 Å². The van der Waals surface area contributed by atoms with Crippen LogP contribution < -0.4 is 0 Å². The number of carbonyl (C=O) groups excluding carboxylic acids is 1. The van der Waals surface area contributed by atoms with Gasteiger partial charge in [-0.15, -0.1) is 0 Å². The molecular weight excluding hydrogens is 348 g/mol. The van der Waals surface area contributed by atoms with Crippen molar-refractivity contribution in [2.75, 3.05) is 7.11 Å². The molecule has 1 aromatic carbocycles. The van der Waals surface area contributed by atoms with Crippen LogP contribution in [0.15, 0.2) is 29.3 Å². The van der Waals surface area contributed by atoms with Gasteiger partial charge in [0.2, 0.25) is 0 Å². The second-order valence-corrected chi connectivity index (χ2v) is 7.31. The molecule has 1 fully saturated rings. The van der Waals surface area contributed by atoms with Crippen molar-refractivity contribution in [1.82, 2.24) is 4.57 Å². The summed E-state index contributed by atoms with van der Waals surface area (Å²) in [5.74, 6) is -0.456. The van der Waals surface area contributed by atoms with E-state index < -0.39 is 5.97 Å². The van der Waals surface area contributed by atoms with Crippen LogP contribution in [0.25, 0.3) is 0 Å². The highest BCUT2D eigenvalue weighted by molar-refractivity contribution is 6.33. The Hall–Kier alpha value is -2.07. The maximum absolute atomic E-state index is 11.8. The largest absolute Gasteiger partial charge is 0.465 e. The van der Waals surface area contributed by atoms with Crippen LogP contribution in [0.5, 0.6) is 0 Å². The molecule has 2 aromatic rings. The third-order valence-electron chi connectivity index (χ3n) is 5.17. The van der Waals surface area contributed by atoms with Gasteiger partial charge < -0.3 is 9.30 Å². The molecule has 0 aliphatic heterocycles. The first kappa shape index (κ1) is 18.7. The number of hydrogen-bond donors (Lipinski definition) is 0. The highest BCUT2D eigenvalue weighted by Gasteiger charge is 2.19. The smallest absolute Gasteiger partial charge is 0.339 e. The quantitative estimate of drug-likeness (QED) is 0.502. The molecular formula is C21H25ClN2O2. The Morgan fingerprint density at radius 3 is 2.65 bits per heavy atom. The van der Waals surface area contributed by atoms with Crippen molar-refractivity contribution in [2.24, 2.45) is 4.99 Å². The Bertz CT molecular complexity index is 833. The number of aryl methyl sites for hydroxylation is 1. The highest BCUT2D eigenvalue weighted by Crippen LogP contribution is 2.32. The number of aromatic nitrogens is 1. The van der Waals surface area contributed by atoms with Gasteiger partial charge in [0.1, 0.15) is 0 Å². The van der Waals surface area contributed by atoms with Gasteiger partial charge in [0, 0.05) is 29.2 Å². The van der Waals surface area contributed by atoms with Gasteiger partial charge in [0.05, 0.1) is 23.4 Å². The molecule has 3 rings (SSSR count). The molecule has 5 heteroatoms. The lowest BCUT2D eigenvalue weighted by molar-refractivity contribution is 0.0601. The van der Waals surface area contributed by atoms with Crippen molar-refractivity contribution < 1.29 is 9.53 Å². The molecule has 0 radical (unpaired) electrons. The molecule has 1 aliphatic carbocycles. The minimum atomic E-state index is -0.456. The molecule has 138 valence electrons. The molecule has 1 aromatic heterocycles. The first-order valence-electron chi connectivity index (χ1n) is 9.11. The summed E-state index contributed by atoms with van der Waals surface area (Å²) in [6.07, 6.45) is 8.35. The number of benzene rings is 1. The monoisotopic (exact) mass is 372 g/mol. The third-order valence-corrected chi connectivity index (χ3v) is 5.50. The van der Waals surface area contributed by atoms with Gasteiger partial charge in [-0.3, -0.25) is 4.99 Å². The summed E-state index contributed by atoms with van der Waals surface area (Å²) in [5, 5.41) is 0.367. The van der Waals surface area contributed by atoms with Gasteiger partial charge >= 0.3 is 5.97 Å². The van der Waals surface area contributed by atoms with Crippen molar-refractivity contribution >= 4 is 29.5 Å². The minimum absolute atomic E-state index is 0.330. The Kier molecular flexibility index (Phi) is 5.82. The van der Waals surface area contributed by atoms with Crippen LogP contribution in [0.1, 0.15) is 65.5 Å². The standard InChI is InChI=1S/C21H25ClN2O2/c1-14-11-16(15(2)24(14)18-7-5-4-6-8-18)13-23-17-9-10-20(22)19(12-17)21(25)26-3/h9-13,18H,4-8H2,1-3H3. The third kappa shape index (κ3) is 3.85. The first-order chi connectivity index (χ1) is 12.5. The summed E-state index contributed by atoms with van der Waals surface area (Å²) in [5.41, 5.74) is 4.65. The fraction of sp³-hybridized carbons (Fsp3) is 0.429. The van der Waals surface area contributed by atoms with E-state index in [1.54, 1.807) is 18.2 Å². The predicted molar refractivity (Wildman–Crippen MR) is 106 cm³/mol. The van der Waals surface area contributed by atoms with E-state index in [0.29, 0.717) is 22.3 Å². The van der Waals surface area contributed by atoms with Gasteiger partial charge in [0.15, 0.2) is 0 Å². The number of esters is 1. The summed E-state index contributed by atoms with van der Waals surface area (Å²) in [6, 6.07) is 7.92. The van der Waals surface area contributed by atoms with E-state index in [9.17, 15) is 4.79 Å². The molecule has 1 heterocycles. The molecule has 1 aliphatic rings. The Morgan fingerprint density at radius 2 is 1.96 bits per heavy atom. The van der Waals surface area contributed by atoms with Crippen LogP contribution in [-0.2, 0) is 4.74 Å². The summed E-state index contributed by atoms with van der Waals surface area (Å²) in [7, 11) is 1.34. The fourth-order valence-corrected chi connectivity index (χ4v) is 4.03. The number of nitrogens with zero attached hydrogens (tertiary/aromatic N) is 2. The van der Waals surface area contributed by atoms with Crippen molar-refractivity contribution in [1.29, 1.82) is 0 Å². The maximum Gasteiger partial charge on any atom is 0.339 e. The van der Waals surface area contributed by atoms with Gasteiger partial charge in [0.25, 0.3) is 0 Å². The Labute approximate surface area is 159 Å². The van der Waals surface area contributed by atoms with Crippen LogP contribution in [0.4, 0.5) is 5.69 Å². The average molecular weight is 373 g/mol. The van der Waals surface area contributed by atoms with Crippen molar-refractivity contribution in [3.05, 3.63) is 51.8 Å². The van der Waals surface area contributed by atoms with E-state index >= 15 is 0 Å². The fourth-order valence-electron chi connectivity index (χ4n) is 3.84. The minimum Gasteiger partial charge on any atom is -0.465 e. The van der Waals surface area contributed by atoms with E-state index in [1.807, 2.05) is 6.21 Å².